The molecule has 0 heterocycles. The van der Waals surface area contributed by atoms with Gasteiger partial charge in [0, 0.05) is 5.54 Å². The molecule has 1 aromatic carbocycles. The summed E-state index contributed by atoms with van der Waals surface area (Å²) in [6.45, 7) is 2.08. The molecule has 92 valence electrons. The van der Waals surface area contributed by atoms with Gasteiger partial charge < -0.3 is 11.1 Å². The predicted octanol–water partition coefficient (Wildman–Crippen LogP) is 2.98. The number of nitrogens with two attached hydrogens (primary N) is 1. The molecule has 1 saturated carbocycles. The fourth-order valence-corrected chi connectivity index (χ4v) is 2.53. The van der Waals surface area contributed by atoms with Crippen LogP contribution in [0.1, 0.15) is 43.0 Å². The minimum atomic E-state index is -0.130. The molecule has 0 aromatic heterocycles. The molecular weight excluding hydrogens is 236 g/mol. The van der Waals surface area contributed by atoms with E-state index < -0.39 is 0 Å². The molecular formula is C13H17ClN2O. The van der Waals surface area contributed by atoms with Crippen LogP contribution >= 0.6 is 11.6 Å². The van der Waals surface area contributed by atoms with Crippen LogP contribution in [0.2, 0.25) is 5.02 Å². The number of carbonyl (C=O) groups excluding carboxylic acids is 1. The number of amides is 1. The van der Waals surface area contributed by atoms with E-state index >= 15 is 0 Å². The highest BCUT2D eigenvalue weighted by atomic mass is 35.5. The number of halogens is 1. The standard InChI is InChI=1S/C13H17ClN2O/c1-13(7-2-3-8-13)16-12(17)9-5-4-6-10(14)11(9)15/h4-6H,2-3,7-8,15H2,1H3,(H,16,17). The second-order valence-corrected chi connectivity index (χ2v) is 5.33. The van der Waals surface area contributed by atoms with Crippen molar-refractivity contribution < 1.29 is 4.79 Å². The Balaban J connectivity index is 2.17. The van der Waals surface area contributed by atoms with Gasteiger partial charge in [0.15, 0.2) is 0 Å². The van der Waals surface area contributed by atoms with E-state index in [1.807, 2.05) is 0 Å². The summed E-state index contributed by atoms with van der Waals surface area (Å²) in [6.07, 6.45) is 4.39. The monoisotopic (exact) mass is 252 g/mol. The van der Waals surface area contributed by atoms with Gasteiger partial charge in [0.05, 0.1) is 16.3 Å². The Kier molecular flexibility index (Phi) is 3.29. The van der Waals surface area contributed by atoms with Gasteiger partial charge in [-0.25, -0.2) is 0 Å². The van der Waals surface area contributed by atoms with E-state index in [2.05, 4.69) is 12.2 Å². The van der Waals surface area contributed by atoms with E-state index in [-0.39, 0.29) is 11.4 Å². The lowest BCUT2D eigenvalue weighted by atomic mass is 10.00. The van der Waals surface area contributed by atoms with Crippen molar-refractivity contribution in [3.63, 3.8) is 0 Å². The predicted molar refractivity (Wildman–Crippen MR) is 70.2 cm³/mol. The Labute approximate surface area is 106 Å². The van der Waals surface area contributed by atoms with Gasteiger partial charge in [-0.2, -0.15) is 0 Å². The van der Waals surface area contributed by atoms with Crippen molar-refractivity contribution >= 4 is 23.2 Å². The van der Waals surface area contributed by atoms with Crippen molar-refractivity contribution in [2.75, 3.05) is 5.73 Å². The molecule has 0 bridgehead atoms. The number of benzene rings is 1. The van der Waals surface area contributed by atoms with Crippen molar-refractivity contribution in [3.05, 3.63) is 28.8 Å². The van der Waals surface area contributed by atoms with Gasteiger partial charge in [0.1, 0.15) is 0 Å². The van der Waals surface area contributed by atoms with Crippen molar-refractivity contribution in [1.82, 2.24) is 5.32 Å². The smallest absolute Gasteiger partial charge is 0.253 e. The third kappa shape index (κ3) is 2.55. The van der Waals surface area contributed by atoms with Gasteiger partial charge in [-0.3, -0.25) is 4.79 Å². The lowest BCUT2D eigenvalue weighted by Crippen LogP contribution is -2.43. The average Bonchev–Trinajstić information content (AvgIpc) is 2.68. The van der Waals surface area contributed by atoms with Crippen LogP contribution in [-0.2, 0) is 0 Å². The minimum Gasteiger partial charge on any atom is -0.397 e. The fourth-order valence-electron chi connectivity index (χ4n) is 2.36. The Morgan fingerprint density at radius 3 is 2.71 bits per heavy atom. The van der Waals surface area contributed by atoms with Gasteiger partial charge in [0.25, 0.3) is 5.91 Å². The molecule has 1 aliphatic carbocycles. The molecule has 0 atom stereocenters. The van der Waals surface area contributed by atoms with Gasteiger partial charge >= 0.3 is 0 Å². The van der Waals surface area contributed by atoms with Crippen molar-refractivity contribution in [2.45, 2.75) is 38.1 Å². The molecule has 0 saturated heterocycles. The molecule has 2 rings (SSSR count). The van der Waals surface area contributed by atoms with Crippen molar-refractivity contribution in [3.8, 4) is 0 Å². The maximum Gasteiger partial charge on any atom is 0.253 e. The quantitative estimate of drug-likeness (QED) is 0.795. The third-order valence-corrected chi connectivity index (χ3v) is 3.75. The molecule has 0 spiro atoms. The number of hydrogen-bond donors (Lipinski definition) is 2. The van der Waals surface area contributed by atoms with Gasteiger partial charge in [-0.1, -0.05) is 30.5 Å². The molecule has 1 aromatic rings. The molecule has 0 unspecified atom stereocenters. The summed E-state index contributed by atoms with van der Waals surface area (Å²) in [5, 5.41) is 3.49. The van der Waals surface area contributed by atoms with Gasteiger partial charge in [0.2, 0.25) is 0 Å². The first-order valence-electron chi connectivity index (χ1n) is 5.88. The van der Waals surface area contributed by atoms with Crippen LogP contribution in [0.4, 0.5) is 5.69 Å². The number of nitrogens with one attached hydrogen (secondary N) is 1. The zero-order valence-corrected chi connectivity index (χ0v) is 10.7. The first-order chi connectivity index (χ1) is 8.02. The zero-order valence-electron chi connectivity index (χ0n) is 9.92. The van der Waals surface area contributed by atoms with E-state index in [0.29, 0.717) is 16.3 Å². The van der Waals surface area contributed by atoms with E-state index in [1.54, 1.807) is 18.2 Å². The van der Waals surface area contributed by atoms with Crippen LogP contribution in [0.15, 0.2) is 18.2 Å². The molecule has 0 radical (unpaired) electrons. The lowest BCUT2D eigenvalue weighted by molar-refractivity contribution is 0.0909. The first kappa shape index (κ1) is 12.2. The highest BCUT2D eigenvalue weighted by molar-refractivity contribution is 6.33. The highest BCUT2D eigenvalue weighted by Gasteiger charge is 2.30. The number of hydrogen-bond acceptors (Lipinski definition) is 2. The maximum absolute atomic E-state index is 12.1. The Morgan fingerprint density at radius 1 is 1.41 bits per heavy atom. The Hall–Kier alpha value is -1.22. The summed E-state index contributed by atoms with van der Waals surface area (Å²) in [5.41, 5.74) is 6.54. The summed E-state index contributed by atoms with van der Waals surface area (Å²) in [6, 6.07) is 5.13. The van der Waals surface area contributed by atoms with Crippen molar-refractivity contribution in [2.24, 2.45) is 0 Å². The summed E-state index contributed by atoms with van der Waals surface area (Å²) < 4.78 is 0. The molecule has 4 heteroatoms. The number of anilines is 1. The average molecular weight is 253 g/mol. The van der Waals surface area contributed by atoms with E-state index in [1.165, 1.54) is 12.8 Å². The molecule has 0 aliphatic heterocycles. The SMILES string of the molecule is CC1(NC(=O)c2cccc(Cl)c2N)CCCC1. The summed E-state index contributed by atoms with van der Waals surface area (Å²) >= 11 is 5.90. The maximum atomic E-state index is 12.1. The number of nitrogen functional groups attached to an aromatic ring is 1. The largest absolute Gasteiger partial charge is 0.397 e. The second-order valence-electron chi connectivity index (χ2n) is 4.92. The molecule has 1 amide bonds. The van der Waals surface area contributed by atoms with Crippen LogP contribution in [0.5, 0.6) is 0 Å². The van der Waals surface area contributed by atoms with Crippen LogP contribution in [0, 0.1) is 0 Å². The van der Waals surface area contributed by atoms with Crippen LogP contribution in [-0.4, -0.2) is 11.4 Å². The van der Waals surface area contributed by atoms with Gasteiger partial charge in [-0.05, 0) is 31.9 Å². The molecule has 17 heavy (non-hydrogen) atoms. The lowest BCUT2D eigenvalue weighted by Gasteiger charge is -2.25. The Morgan fingerprint density at radius 2 is 2.06 bits per heavy atom. The molecule has 1 fully saturated rings. The first-order valence-corrected chi connectivity index (χ1v) is 6.26. The van der Waals surface area contributed by atoms with Crippen LogP contribution in [0.3, 0.4) is 0 Å². The minimum absolute atomic E-state index is 0.0914. The summed E-state index contributed by atoms with van der Waals surface area (Å²) in [7, 11) is 0. The summed E-state index contributed by atoms with van der Waals surface area (Å²) in [5.74, 6) is -0.130. The zero-order chi connectivity index (χ0) is 12.5. The van der Waals surface area contributed by atoms with Gasteiger partial charge in [-0.15, -0.1) is 0 Å². The van der Waals surface area contributed by atoms with Crippen LogP contribution in [0.25, 0.3) is 0 Å². The second kappa shape index (κ2) is 4.57. The Bertz CT molecular complexity index is 439. The van der Waals surface area contributed by atoms with E-state index in [4.69, 9.17) is 17.3 Å². The number of rotatable bonds is 2. The molecule has 1 aliphatic rings. The number of para-hydroxylation sites is 1. The fraction of sp³-hybridized carbons (Fsp3) is 0.462. The molecule has 3 N–H and O–H groups in total. The van der Waals surface area contributed by atoms with E-state index in [9.17, 15) is 4.79 Å². The van der Waals surface area contributed by atoms with E-state index in [0.717, 1.165) is 12.8 Å². The topological polar surface area (TPSA) is 55.1 Å². The normalized spacial score (nSPS) is 18.0. The summed E-state index contributed by atoms with van der Waals surface area (Å²) in [4.78, 5) is 12.1. The highest BCUT2D eigenvalue weighted by Crippen LogP contribution is 2.30. The number of carbonyl (C=O) groups is 1. The van der Waals surface area contributed by atoms with Crippen molar-refractivity contribution in [1.29, 1.82) is 0 Å². The third-order valence-electron chi connectivity index (χ3n) is 3.42. The van der Waals surface area contributed by atoms with Crippen LogP contribution < -0.4 is 11.1 Å². The molecule has 3 nitrogen and oxygen atoms in total.